The van der Waals surface area contributed by atoms with Crippen molar-refractivity contribution in [1.82, 2.24) is 0 Å². The number of thioether (sulfide) groups is 1. The van der Waals surface area contributed by atoms with Crippen molar-refractivity contribution < 1.29 is 28.7 Å². The number of ether oxygens (including phenoxy) is 3. The average molecular weight is 475 g/mol. The Balaban J connectivity index is 1.82. The van der Waals surface area contributed by atoms with Gasteiger partial charge in [-0.3, -0.25) is 19.8 Å². The van der Waals surface area contributed by atoms with Gasteiger partial charge < -0.3 is 14.2 Å². The Hall–Kier alpha value is -3.44. The van der Waals surface area contributed by atoms with Crippen LogP contribution in [-0.4, -0.2) is 41.4 Å². The molecule has 1 saturated heterocycles. The van der Waals surface area contributed by atoms with Crippen LogP contribution in [0.25, 0.3) is 6.08 Å². The third-order valence-corrected chi connectivity index (χ3v) is 5.53. The monoisotopic (exact) mass is 474 g/mol. The molecule has 2 aromatic rings. The Bertz CT molecular complexity index is 1120. The molecule has 1 fully saturated rings. The Kier molecular flexibility index (Phi) is 7.44. The predicted octanol–water partition coefficient (Wildman–Crippen LogP) is 3.95. The molecule has 0 saturated carbocycles. The van der Waals surface area contributed by atoms with Crippen LogP contribution in [0.2, 0.25) is 0 Å². The predicted molar refractivity (Wildman–Crippen MR) is 124 cm³/mol. The number of carbonyl (C=O) groups excluding carboxylic acids is 2. The van der Waals surface area contributed by atoms with Crippen LogP contribution in [0.4, 0.5) is 11.4 Å². The smallest absolute Gasteiger partial charge is 0.344 e. The summed E-state index contributed by atoms with van der Waals surface area (Å²) in [6.07, 6.45) is 1.63. The zero-order valence-electron chi connectivity index (χ0n) is 17.1. The molecule has 9 nitrogen and oxygen atoms in total. The van der Waals surface area contributed by atoms with Crippen LogP contribution in [0.1, 0.15) is 12.5 Å². The number of non-ortho nitro benzene ring substituents is 1. The maximum Gasteiger partial charge on any atom is 0.344 e. The summed E-state index contributed by atoms with van der Waals surface area (Å²) >= 11 is 6.41. The summed E-state index contributed by atoms with van der Waals surface area (Å²) in [5.41, 5.74) is 0.832. The van der Waals surface area contributed by atoms with Crippen LogP contribution >= 0.6 is 24.0 Å². The Morgan fingerprint density at radius 1 is 1.25 bits per heavy atom. The first-order valence-corrected chi connectivity index (χ1v) is 10.6. The minimum absolute atomic E-state index is 0.135. The third-order valence-electron chi connectivity index (χ3n) is 4.23. The van der Waals surface area contributed by atoms with E-state index in [2.05, 4.69) is 0 Å². The molecule has 1 heterocycles. The lowest BCUT2D eigenvalue weighted by Crippen LogP contribution is -2.27. The topological polar surface area (TPSA) is 108 Å². The molecule has 3 rings (SSSR count). The molecule has 0 bridgehead atoms. The molecule has 0 aromatic heterocycles. The molecule has 0 radical (unpaired) electrons. The van der Waals surface area contributed by atoms with E-state index in [0.717, 1.165) is 11.8 Å². The lowest BCUT2D eigenvalue weighted by Gasteiger charge is -2.14. The number of carbonyl (C=O) groups is 2. The van der Waals surface area contributed by atoms with E-state index >= 15 is 0 Å². The first-order valence-electron chi connectivity index (χ1n) is 9.33. The second kappa shape index (κ2) is 10.2. The van der Waals surface area contributed by atoms with Crippen molar-refractivity contribution in [2.75, 3.05) is 25.2 Å². The van der Waals surface area contributed by atoms with Crippen LogP contribution in [0.5, 0.6) is 11.5 Å². The van der Waals surface area contributed by atoms with Gasteiger partial charge in [-0.2, -0.15) is 0 Å². The molecule has 166 valence electrons. The third kappa shape index (κ3) is 5.24. The number of esters is 1. The molecule has 1 aliphatic rings. The molecule has 0 atom stereocenters. The molecule has 0 unspecified atom stereocenters. The standard InChI is InChI=1S/C21H18N2O7S2/c1-3-29-19(24)12-30-16-8-7-13(9-17(16)28-2)10-18-20(25)22(21(31)32-18)14-5-4-6-15(11-14)23(26)27/h4-11H,3,12H2,1-2H3. The lowest BCUT2D eigenvalue weighted by atomic mass is 10.1. The van der Waals surface area contributed by atoms with Gasteiger partial charge in [-0.05, 0) is 36.8 Å². The van der Waals surface area contributed by atoms with Crippen molar-refractivity contribution >= 4 is 57.6 Å². The fourth-order valence-corrected chi connectivity index (χ4v) is 4.12. The van der Waals surface area contributed by atoms with E-state index in [1.807, 2.05) is 0 Å². The second-order valence-electron chi connectivity index (χ2n) is 6.30. The lowest BCUT2D eigenvalue weighted by molar-refractivity contribution is -0.384. The van der Waals surface area contributed by atoms with Gasteiger partial charge in [0.25, 0.3) is 11.6 Å². The van der Waals surface area contributed by atoms with E-state index in [9.17, 15) is 19.7 Å². The number of nitrogens with zero attached hydrogens (tertiary/aromatic N) is 2. The maximum atomic E-state index is 12.9. The number of hydrogen-bond donors (Lipinski definition) is 0. The zero-order chi connectivity index (χ0) is 23.3. The largest absolute Gasteiger partial charge is 0.493 e. The SMILES string of the molecule is CCOC(=O)COc1ccc(C=C2SC(=S)N(c3cccc([N+](=O)[O-])c3)C2=O)cc1OC. The molecule has 0 N–H and O–H groups in total. The molecule has 0 spiro atoms. The molecule has 1 amide bonds. The number of anilines is 1. The first kappa shape index (κ1) is 23.2. The van der Waals surface area contributed by atoms with Gasteiger partial charge in [-0.1, -0.05) is 36.1 Å². The highest BCUT2D eigenvalue weighted by atomic mass is 32.2. The number of thiocarbonyl (C=S) groups is 1. The highest BCUT2D eigenvalue weighted by Crippen LogP contribution is 2.38. The summed E-state index contributed by atoms with van der Waals surface area (Å²) in [5, 5.41) is 11.0. The number of amides is 1. The minimum atomic E-state index is -0.533. The number of rotatable bonds is 8. The van der Waals surface area contributed by atoms with Crippen molar-refractivity contribution in [3.63, 3.8) is 0 Å². The van der Waals surface area contributed by atoms with Gasteiger partial charge >= 0.3 is 5.97 Å². The minimum Gasteiger partial charge on any atom is -0.493 e. The number of nitro groups is 1. The summed E-state index contributed by atoms with van der Waals surface area (Å²) in [6.45, 7) is 1.70. The van der Waals surface area contributed by atoms with Gasteiger partial charge in [-0.25, -0.2) is 4.79 Å². The molecule has 0 aliphatic carbocycles. The van der Waals surface area contributed by atoms with Crippen LogP contribution < -0.4 is 14.4 Å². The number of hydrogen-bond acceptors (Lipinski definition) is 9. The van der Waals surface area contributed by atoms with E-state index in [0.29, 0.717) is 27.7 Å². The second-order valence-corrected chi connectivity index (χ2v) is 7.97. The summed E-state index contributed by atoms with van der Waals surface area (Å²) in [6, 6.07) is 10.7. The highest BCUT2D eigenvalue weighted by molar-refractivity contribution is 8.27. The van der Waals surface area contributed by atoms with Gasteiger partial charge in [-0.15, -0.1) is 0 Å². The zero-order valence-corrected chi connectivity index (χ0v) is 18.7. The van der Waals surface area contributed by atoms with Gasteiger partial charge in [0, 0.05) is 12.1 Å². The molecule has 32 heavy (non-hydrogen) atoms. The van der Waals surface area contributed by atoms with Gasteiger partial charge in [0.15, 0.2) is 22.4 Å². The van der Waals surface area contributed by atoms with E-state index in [1.54, 1.807) is 37.3 Å². The summed E-state index contributed by atoms with van der Waals surface area (Å²) in [4.78, 5) is 36.5. The Labute approximate surface area is 193 Å². The summed E-state index contributed by atoms with van der Waals surface area (Å²) in [5.74, 6) is -0.162. The van der Waals surface area contributed by atoms with E-state index in [1.165, 1.54) is 30.2 Å². The van der Waals surface area contributed by atoms with Gasteiger partial charge in [0.1, 0.15) is 0 Å². The van der Waals surface area contributed by atoms with Crippen LogP contribution in [-0.2, 0) is 14.3 Å². The Morgan fingerprint density at radius 2 is 2.03 bits per heavy atom. The van der Waals surface area contributed by atoms with Crippen LogP contribution in [0, 0.1) is 10.1 Å². The molecule has 2 aromatic carbocycles. The Morgan fingerprint density at radius 3 is 2.72 bits per heavy atom. The van der Waals surface area contributed by atoms with E-state index < -0.39 is 10.9 Å². The number of benzene rings is 2. The van der Waals surface area contributed by atoms with E-state index in [4.69, 9.17) is 26.4 Å². The quantitative estimate of drug-likeness (QED) is 0.185. The normalized spacial score (nSPS) is 14.6. The number of methoxy groups -OCH3 is 1. The molecule has 11 heteroatoms. The fourth-order valence-electron chi connectivity index (χ4n) is 2.82. The molecular formula is C21H18N2O7S2. The van der Waals surface area contributed by atoms with Gasteiger partial charge in [0.05, 0.1) is 29.2 Å². The highest BCUT2D eigenvalue weighted by Gasteiger charge is 2.34. The van der Waals surface area contributed by atoms with Crippen molar-refractivity contribution in [2.24, 2.45) is 0 Å². The first-order chi connectivity index (χ1) is 15.3. The fraction of sp³-hybridized carbons (Fsp3) is 0.190. The van der Waals surface area contributed by atoms with Crippen molar-refractivity contribution in [1.29, 1.82) is 0 Å². The molecule has 1 aliphatic heterocycles. The maximum absolute atomic E-state index is 12.9. The van der Waals surface area contributed by atoms with E-state index in [-0.39, 0.29) is 29.1 Å². The summed E-state index contributed by atoms with van der Waals surface area (Å²) in [7, 11) is 1.46. The van der Waals surface area contributed by atoms with Crippen LogP contribution in [0.15, 0.2) is 47.4 Å². The average Bonchev–Trinajstić information content (AvgIpc) is 3.05. The van der Waals surface area contributed by atoms with Gasteiger partial charge in [0.2, 0.25) is 0 Å². The summed E-state index contributed by atoms with van der Waals surface area (Å²) < 4.78 is 15.8. The van der Waals surface area contributed by atoms with Crippen molar-refractivity contribution in [2.45, 2.75) is 6.92 Å². The molecular weight excluding hydrogens is 456 g/mol. The van der Waals surface area contributed by atoms with Crippen molar-refractivity contribution in [3.8, 4) is 11.5 Å². The van der Waals surface area contributed by atoms with Crippen LogP contribution in [0.3, 0.4) is 0 Å². The van der Waals surface area contributed by atoms with Crippen molar-refractivity contribution in [3.05, 3.63) is 63.0 Å². The number of nitro benzene ring substituents is 1.